The molecule has 1 unspecified atom stereocenters. The number of likely N-dealkylation sites (N-methyl/N-ethyl adjacent to an activating group) is 1. The quantitative estimate of drug-likeness (QED) is 0.751. The van der Waals surface area contributed by atoms with Crippen molar-refractivity contribution in [3.05, 3.63) is 23.8 Å². The number of amides is 1. The Hall–Kier alpha value is -1.75. The van der Waals surface area contributed by atoms with E-state index in [-0.39, 0.29) is 6.04 Å². The maximum absolute atomic E-state index is 11.4. The second-order valence-electron chi connectivity index (χ2n) is 4.27. The molecule has 0 aromatic heterocycles. The summed E-state index contributed by atoms with van der Waals surface area (Å²) in [4.78, 5) is 13.4. The molecule has 5 heteroatoms. The Morgan fingerprint density at radius 2 is 2.29 bits per heavy atom. The van der Waals surface area contributed by atoms with Gasteiger partial charge in [0.2, 0.25) is 0 Å². The second kappa shape index (κ2) is 4.63. The van der Waals surface area contributed by atoms with Crippen LogP contribution in [-0.4, -0.2) is 32.2 Å². The third-order valence-corrected chi connectivity index (χ3v) is 3.12. The molecule has 1 fully saturated rings. The highest BCUT2D eigenvalue weighted by atomic mass is 16.5. The van der Waals surface area contributed by atoms with E-state index >= 15 is 0 Å². The molecule has 0 spiro atoms. The summed E-state index contributed by atoms with van der Waals surface area (Å²) in [7, 11) is 1.94. The molecular formula is C12H17N3O2. The lowest BCUT2D eigenvalue weighted by Gasteiger charge is -2.27. The van der Waals surface area contributed by atoms with Gasteiger partial charge in [-0.2, -0.15) is 0 Å². The van der Waals surface area contributed by atoms with Gasteiger partial charge in [0.1, 0.15) is 0 Å². The van der Waals surface area contributed by atoms with Crippen molar-refractivity contribution in [2.75, 3.05) is 30.9 Å². The van der Waals surface area contributed by atoms with Gasteiger partial charge in [0.05, 0.1) is 18.2 Å². The van der Waals surface area contributed by atoms with Crippen LogP contribution >= 0.6 is 0 Å². The summed E-state index contributed by atoms with van der Waals surface area (Å²) < 4.78 is 5.34. The molecule has 5 nitrogen and oxygen atoms in total. The van der Waals surface area contributed by atoms with Gasteiger partial charge in [-0.3, -0.25) is 4.79 Å². The van der Waals surface area contributed by atoms with Crippen LogP contribution in [0.15, 0.2) is 18.2 Å². The van der Waals surface area contributed by atoms with Crippen LogP contribution in [0.25, 0.3) is 0 Å². The first-order chi connectivity index (χ1) is 8.09. The van der Waals surface area contributed by atoms with E-state index in [0.717, 1.165) is 18.7 Å². The van der Waals surface area contributed by atoms with Crippen LogP contribution in [0.5, 0.6) is 0 Å². The Bertz CT molecular complexity index is 428. The van der Waals surface area contributed by atoms with Gasteiger partial charge >= 0.3 is 0 Å². The number of carbonyl (C=O) groups excluding carboxylic acids is 1. The fourth-order valence-corrected chi connectivity index (χ4v) is 2.08. The minimum Gasteiger partial charge on any atom is -0.399 e. The zero-order chi connectivity index (χ0) is 12.4. The fraction of sp³-hybridized carbons (Fsp3) is 0.417. The maximum Gasteiger partial charge on any atom is 0.250 e. The number of primary amides is 1. The molecule has 1 heterocycles. The smallest absolute Gasteiger partial charge is 0.250 e. The molecule has 92 valence electrons. The molecule has 1 aliphatic rings. The Labute approximate surface area is 100 Å². The van der Waals surface area contributed by atoms with Crippen molar-refractivity contribution in [1.29, 1.82) is 0 Å². The maximum atomic E-state index is 11.4. The number of nitrogen functional groups attached to an aromatic ring is 1. The Morgan fingerprint density at radius 1 is 1.53 bits per heavy atom. The van der Waals surface area contributed by atoms with E-state index in [9.17, 15) is 4.79 Å². The zero-order valence-electron chi connectivity index (χ0n) is 9.85. The fourth-order valence-electron chi connectivity index (χ4n) is 2.08. The highest BCUT2D eigenvalue weighted by Gasteiger charge is 2.23. The van der Waals surface area contributed by atoms with Gasteiger partial charge in [0, 0.05) is 25.0 Å². The molecule has 0 bridgehead atoms. The number of carbonyl (C=O) groups is 1. The molecule has 2 rings (SSSR count). The number of ether oxygens (including phenoxy) is 1. The van der Waals surface area contributed by atoms with Crippen molar-refractivity contribution < 1.29 is 9.53 Å². The predicted molar refractivity (Wildman–Crippen MR) is 67.0 cm³/mol. The van der Waals surface area contributed by atoms with E-state index in [0.29, 0.717) is 17.9 Å². The van der Waals surface area contributed by atoms with E-state index in [1.165, 1.54) is 0 Å². The summed E-state index contributed by atoms with van der Waals surface area (Å²) in [5.74, 6) is -0.460. The molecule has 0 saturated carbocycles. The van der Waals surface area contributed by atoms with Gasteiger partial charge in [-0.05, 0) is 24.6 Å². The van der Waals surface area contributed by atoms with Gasteiger partial charge < -0.3 is 21.1 Å². The van der Waals surface area contributed by atoms with E-state index in [1.807, 2.05) is 18.0 Å². The average Bonchev–Trinajstić information content (AvgIpc) is 2.81. The molecule has 1 aromatic rings. The Morgan fingerprint density at radius 3 is 2.88 bits per heavy atom. The number of nitrogens with two attached hydrogens (primary N) is 2. The van der Waals surface area contributed by atoms with Crippen molar-refractivity contribution in [3.8, 4) is 0 Å². The lowest BCUT2D eigenvalue weighted by molar-refractivity contribution is 0.100. The number of anilines is 2. The van der Waals surface area contributed by atoms with Gasteiger partial charge in [0.15, 0.2) is 0 Å². The number of hydrogen-bond donors (Lipinski definition) is 2. The Kier molecular flexibility index (Phi) is 3.19. The SMILES string of the molecule is CN(c1ccc(N)cc1C(N)=O)C1CCOC1. The lowest BCUT2D eigenvalue weighted by Crippen LogP contribution is -2.33. The molecule has 17 heavy (non-hydrogen) atoms. The van der Waals surface area contributed by atoms with Crippen LogP contribution < -0.4 is 16.4 Å². The first-order valence-corrected chi connectivity index (χ1v) is 5.59. The minimum atomic E-state index is -0.460. The van der Waals surface area contributed by atoms with Gasteiger partial charge in [-0.25, -0.2) is 0 Å². The normalized spacial score (nSPS) is 19.2. The molecule has 1 amide bonds. The molecule has 1 saturated heterocycles. The third-order valence-electron chi connectivity index (χ3n) is 3.12. The summed E-state index contributed by atoms with van der Waals surface area (Å²) in [5, 5.41) is 0. The van der Waals surface area contributed by atoms with Gasteiger partial charge in [-0.15, -0.1) is 0 Å². The number of nitrogens with zero attached hydrogens (tertiary/aromatic N) is 1. The number of rotatable bonds is 3. The van der Waals surface area contributed by atoms with Crippen molar-refractivity contribution in [2.45, 2.75) is 12.5 Å². The highest BCUT2D eigenvalue weighted by molar-refractivity contribution is 5.99. The third kappa shape index (κ3) is 2.34. The lowest BCUT2D eigenvalue weighted by atomic mass is 10.1. The summed E-state index contributed by atoms with van der Waals surface area (Å²) in [6.07, 6.45) is 0.957. The summed E-state index contributed by atoms with van der Waals surface area (Å²) in [6.45, 7) is 1.44. The zero-order valence-corrected chi connectivity index (χ0v) is 9.85. The second-order valence-corrected chi connectivity index (χ2v) is 4.27. The van der Waals surface area contributed by atoms with Crippen molar-refractivity contribution in [2.24, 2.45) is 5.73 Å². The van der Waals surface area contributed by atoms with Crippen molar-refractivity contribution in [3.63, 3.8) is 0 Å². The molecule has 0 radical (unpaired) electrons. The van der Waals surface area contributed by atoms with Crippen molar-refractivity contribution >= 4 is 17.3 Å². The first kappa shape index (κ1) is 11.7. The van der Waals surface area contributed by atoms with Crippen LogP contribution in [0, 0.1) is 0 Å². The largest absolute Gasteiger partial charge is 0.399 e. The van der Waals surface area contributed by atoms with Crippen LogP contribution in [0.1, 0.15) is 16.8 Å². The highest BCUT2D eigenvalue weighted by Crippen LogP contribution is 2.25. The van der Waals surface area contributed by atoms with Gasteiger partial charge in [0.25, 0.3) is 5.91 Å². The molecule has 1 atom stereocenters. The average molecular weight is 235 g/mol. The van der Waals surface area contributed by atoms with Crippen LogP contribution in [0.4, 0.5) is 11.4 Å². The van der Waals surface area contributed by atoms with Crippen molar-refractivity contribution in [1.82, 2.24) is 0 Å². The van der Waals surface area contributed by atoms with E-state index in [4.69, 9.17) is 16.2 Å². The Balaban J connectivity index is 2.33. The summed E-state index contributed by atoms with van der Waals surface area (Å²) in [6, 6.07) is 5.50. The molecular weight excluding hydrogens is 218 g/mol. The van der Waals surface area contributed by atoms with E-state index in [2.05, 4.69) is 0 Å². The monoisotopic (exact) mass is 235 g/mol. The topological polar surface area (TPSA) is 81.6 Å². The summed E-state index contributed by atoms with van der Waals surface area (Å²) >= 11 is 0. The van der Waals surface area contributed by atoms with E-state index in [1.54, 1.807) is 12.1 Å². The summed E-state index contributed by atoms with van der Waals surface area (Å²) in [5.41, 5.74) is 12.8. The standard InChI is InChI=1S/C12H17N3O2/c1-15(9-4-5-17-7-9)11-3-2-8(13)6-10(11)12(14)16/h2-3,6,9H,4-5,7,13H2,1H3,(H2,14,16). The molecule has 1 aromatic carbocycles. The number of hydrogen-bond acceptors (Lipinski definition) is 4. The van der Waals surface area contributed by atoms with Crippen LogP contribution in [-0.2, 0) is 4.74 Å². The minimum absolute atomic E-state index is 0.289. The first-order valence-electron chi connectivity index (χ1n) is 5.59. The van der Waals surface area contributed by atoms with Crippen LogP contribution in [0.3, 0.4) is 0 Å². The number of benzene rings is 1. The molecule has 0 aliphatic carbocycles. The van der Waals surface area contributed by atoms with E-state index < -0.39 is 5.91 Å². The predicted octanol–water partition coefficient (Wildman–Crippen LogP) is 0.593. The molecule has 1 aliphatic heterocycles. The van der Waals surface area contributed by atoms with Gasteiger partial charge in [-0.1, -0.05) is 0 Å². The molecule has 4 N–H and O–H groups in total. The van der Waals surface area contributed by atoms with Crippen LogP contribution in [0.2, 0.25) is 0 Å².